The minimum atomic E-state index is -4.67. The molecule has 0 aliphatic carbocycles. The maximum absolute atomic E-state index is 8.74. The Morgan fingerprint density at radius 2 is 0.727 bits per heavy atom. The SMILES string of the molecule is N.N.N.N.N.N.O=S(=O)(O)O.[HH].[HH].[HH].[HH]. The fourth-order valence-corrected chi connectivity index (χ4v) is 0. The van der Waals surface area contributed by atoms with Crippen LogP contribution in [0.25, 0.3) is 0 Å². The maximum atomic E-state index is 8.74. The fraction of sp³-hybridized carbons (Fsp3) is 0. The molecule has 0 aliphatic heterocycles. The Bertz CT molecular complexity index is 110. The van der Waals surface area contributed by atoms with Crippen LogP contribution in [-0.2, 0) is 10.4 Å². The predicted octanol–water partition coefficient (Wildman–Crippen LogP) is 1.30. The second kappa shape index (κ2) is 22.6. The molecule has 0 unspecified atom stereocenters. The molecule has 0 atom stereocenters. The van der Waals surface area contributed by atoms with Crippen LogP contribution in [0.3, 0.4) is 0 Å². The van der Waals surface area contributed by atoms with Gasteiger partial charge in [0.25, 0.3) is 0 Å². The maximum Gasteiger partial charge on any atom is 0.394 e. The van der Waals surface area contributed by atoms with Gasteiger partial charge in [-0.25, -0.2) is 0 Å². The van der Waals surface area contributed by atoms with Crippen LogP contribution in [0, 0.1) is 0 Å². The van der Waals surface area contributed by atoms with Gasteiger partial charge >= 0.3 is 10.4 Å². The molecule has 0 spiro atoms. The Hall–Kier alpha value is -0.370. The van der Waals surface area contributed by atoms with Crippen LogP contribution in [0.4, 0.5) is 0 Å². The summed E-state index contributed by atoms with van der Waals surface area (Å²) >= 11 is 0. The van der Waals surface area contributed by atoms with E-state index in [1.165, 1.54) is 0 Å². The highest BCUT2D eigenvalue weighted by Crippen LogP contribution is 1.59. The highest BCUT2D eigenvalue weighted by molar-refractivity contribution is 7.79. The van der Waals surface area contributed by atoms with Gasteiger partial charge in [0.15, 0.2) is 0 Å². The van der Waals surface area contributed by atoms with Gasteiger partial charge in [-0.2, -0.15) is 8.42 Å². The quantitative estimate of drug-likeness (QED) is 0.263. The van der Waals surface area contributed by atoms with Gasteiger partial charge in [0.05, 0.1) is 0 Å². The molecule has 0 aromatic rings. The third kappa shape index (κ3) is 4100. The van der Waals surface area contributed by atoms with E-state index >= 15 is 0 Å². The van der Waals surface area contributed by atoms with Crippen LogP contribution in [0.2, 0.25) is 0 Å². The normalized spacial score (nSPS) is 5.27. The Morgan fingerprint density at radius 3 is 0.727 bits per heavy atom. The van der Waals surface area contributed by atoms with Crippen LogP contribution in [0.15, 0.2) is 0 Å². The number of hydrogen-bond acceptors (Lipinski definition) is 8. The van der Waals surface area contributed by atoms with Crippen molar-refractivity contribution >= 4 is 10.4 Å². The van der Waals surface area contributed by atoms with E-state index in [1.807, 2.05) is 0 Å². The zero-order chi connectivity index (χ0) is 4.50. The standard InChI is InChI=1S/6H3N.H2O4S.4H2/c;;;;;;1-5(2,3)4;;;;/h6*1H3;(H2,1,2,3,4);4*1H. The van der Waals surface area contributed by atoms with Crippen molar-refractivity contribution in [3.05, 3.63) is 0 Å². The second-order valence-electron chi connectivity index (χ2n) is 0.448. The van der Waals surface area contributed by atoms with Crippen LogP contribution in [0.1, 0.15) is 5.71 Å². The summed E-state index contributed by atoms with van der Waals surface area (Å²) in [4.78, 5) is 0. The molecule has 0 aliphatic rings. The third-order valence-electron chi connectivity index (χ3n) is 0. The van der Waals surface area contributed by atoms with Gasteiger partial charge in [0, 0.05) is 5.71 Å². The van der Waals surface area contributed by atoms with Gasteiger partial charge in [-0.1, -0.05) is 0 Å². The summed E-state index contributed by atoms with van der Waals surface area (Å²) in [6.07, 6.45) is 0. The van der Waals surface area contributed by atoms with E-state index < -0.39 is 10.4 Å². The van der Waals surface area contributed by atoms with Crippen LogP contribution >= 0.6 is 0 Å². The molecule has 0 saturated heterocycles. The van der Waals surface area contributed by atoms with Crippen molar-refractivity contribution in [3.8, 4) is 0 Å². The van der Waals surface area contributed by atoms with Gasteiger partial charge < -0.3 is 36.9 Å². The Morgan fingerprint density at radius 1 is 0.727 bits per heavy atom. The molecule has 0 radical (unpaired) electrons. The fourth-order valence-electron chi connectivity index (χ4n) is 0. The topological polar surface area (TPSA) is 285 Å². The van der Waals surface area contributed by atoms with Crippen molar-refractivity contribution in [1.82, 2.24) is 36.9 Å². The molecule has 11 heteroatoms. The first-order valence-electron chi connectivity index (χ1n) is 0.698. The highest BCUT2D eigenvalue weighted by atomic mass is 32.3. The first-order valence-corrected chi connectivity index (χ1v) is 2.10. The first-order chi connectivity index (χ1) is 2.00. The van der Waals surface area contributed by atoms with Gasteiger partial charge in [-0.3, -0.25) is 9.11 Å². The van der Waals surface area contributed by atoms with Crippen molar-refractivity contribution in [2.75, 3.05) is 0 Å². The van der Waals surface area contributed by atoms with E-state index in [0.29, 0.717) is 0 Å². The first kappa shape index (κ1) is 74.8. The molecular formula is H28N6O4S. The minimum absolute atomic E-state index is 0. The van der Waals surface area contributed by atoms with Crippen molar-refractivity contribution in [2.45, 2.75) is 0 Å². The van der Waals surface area contributed by atoms with Gasteiger partial charge in [0.1, 0.15) is 0 Å². The average molecular weight is 208 g/mol. The van der Waals surface area contributed by atoms with Crippen LogP contribution in [-0.4, -0.2) is 17.5 Å². The van der Waals surface area contributed by atoms with Crippen molar-refractivity contribution in [3.63, 3.8) is 0 Å². The molecule has 0 heterocycles. The van der Waals surface area contributed by atoms with Crippen molar-refractivity contribution in [2.24, 2.45) is 0 Å². The van der Waals surface area contributed by atoms with E-state index in [9.17, 15) is 0 Å². The Balaban J connectivity index is -0.00000000178. The summed E-state index contributed by atoms with van der Waals surface area (Å²) in [7, 11) is -4.67. The molecule has 0 aromatic heterocycles. The molecule has 20 N–H and O–H groups in total. The molecule has 10 nitrogen and oxygen atoms in total. The summed E-state index contributed by atoms with van der Waals surface area (Å²) in [6.45, 7) is 0. The molecule has 0 fully saturated rings. The van der Waals surface area contributed by atoms with E-state index in [0.717, 1.165) is 0 Å². The number of hydrogen-bond donors (Lipinski definition) is 8. The summed E-state index contributed by atoms with van der Waals surface area (Å²) < 4.78 is 31.6. The molecule has 88 valence electrons. The zero-order valence-corrected chi connectivity index (χ0v) is 7.18. The molecule has 0 rings (SSSR count). The molecule has 0 bridgehead atoms. The highest BCUT2D eigenvalue weighted by Gasteiger charge is 1.84. The summed E-state index contributed by atoms with van der Waals surface area (Å²) in [5.41, 5.74) is 0. The smallest absolute Gasteiger partial charge is 0.344 e. The average Bonchev–Trinajstić information content (AvgIpc) is 0.722. The summed E-state index contributed by atoms with van der Waals surface area (Å²) in [5, 5.41) is 0. The molecule has 0 saturated carbocycles. The second-order valence-corrected chi connectivity index (χ2v) is 1.34. The summed E-state index contributed by atoms with van der Waals surface area (Å²) in [6, 6.07) is 0. The largest absolute Gasteiger partial charge is 0.394 e. The molecule has 11 heavy (non-hydrogen) atoms. The Kier molecular flexibility index (Phi) is 154. The van der Waals surface area contributed by atoms with Crippen LogP contribution in [0.5, 0.6) is 0 Å². The lowest BCUT2D eigenvalue weighted by molar-refractivity contribution is 0.381. The lowest BCUT2D eigenvalue weighted by Gasteiger charge is -1.68. The Labute approximate surface area is 71.8 Å². The van der Waals surface area contributed by atoms with E-state index in [1.54, 1.807) is 0 Å². The lowest BCUT2D eigenvalue weighted by atomic mass is 14.0. The monoisotopic (exact) mass is 208 g/mol. The van der Waals surface area contributed by atoms with E-state index in [2.05, 4.69) is 0 Å². The van der Waals surface area contributed by atoms with Crippen LogP contribution < -0.4 is 36.9 Å². The zero-order valence-electron chi connectivity index (χ0n) is 6.36. The van der Waals surface area contributed by atoms with Crippen molar-refractivity contribution < 1.29 is 23.2 Å². The van der Waals surface area contributed by atoms with E-state index in [4.69, 9.17) is 17.5 Å². The third-order valence-corrected chi connectivity index (χ3v) is 0. The molecule has 0 amide bonds. The van der Waals surface area contributed by atoms with Gasteiger partial charge in [-0.05, 0) is 0 Å². The lowest BCUT2D eigenvalue weighted by Crippen LogP contribution is -1.89. The number of rotatable bonds is 0. The predicted molar refractivity (Wildman–Crippen MR) is 52.8 cm³/mol. The van der Waals surface area contributed by atoms with Gasteiger partial charge in [-0.15, -0.1) is 0 Å². The molecular weight excluding hydrogens is 180 g/mol. The molecule has 0 aromatic carbocycles. The summed E-state index contributed by atoms with van der Waals surface area (Å²) in [5.74, 6) is 0. The van der Waals surface area contributed by atoms with Crippen molar-refractivity contribution in [1.29, 1.82) is 0 Å². The van der Waals surface area contributed by atoms with Gasteiger partial charge in [0.2, 0.25) is 0 Å². The van der Waals surface area contributed by atoms with E-state index in [-0.39, 0.29) is 42.6 Å². The minimum Gasteiger partial charge on any atom is -0.344 e.